The van der Waals surface area contributed by atoms with Gasteiger partial charge in [-0.15, -0.1) is 0 Å². The minimum Gasteiger partial charge on any atom is -0.299 e. The summed E-state index contributed by atoms with van der Waals surface area (Å²) in [5.41, 5.74) is 1.60. The van der Waals surface area contributed by atoms with E-state index in [0.717, 1.165) is 25.7 Å². The van der Waals surface area contributed by atoms with Gasteiger partial charge in [-0.05, 0) is 41.9 Å². The lowest BCUT2D eigenvalue weighted by Crippen LogP contribution is -2.54. The van der Waals surface area contributed by atoms with Crippen LogP contribution in [0.1, 0.15) is 53.4 Å². The van der Waals surface area contributed by atoms with Crippen molar-refractivity contribution in [3.05, 3.63) is 24.3 Å². The fourth-order valence-electron chi connectivity index (χ4n) is 5.42. The third kappa shape index (κ3) is 1.45. The first-order valence-corrected chi connectivity index (χ1v) is 7.59. The maximum atomic E-state index is 12.8. The van der Waals surface area contributed by atoms with Crippen LogP contribution in [0.25, 0.3) is 0 Å². The fourth-order valence-corrected chi connectivity index (χ4v) is 5.42. The van der Waals surface area contributed by atoms with Crippen molar-refractivity contribution in [2.24, 2.45) is 28.1 Å². The summed E-state index contributed by atoms with van der Waals surface area (Å²) in [6.45, 7) is 13.5. The molecular weight excluding hydrogens is 232 g/mol. The number of hydrogen-bond acceptors (Lipinski definition) is 1. The number of rotatable bonds is 0. The van der Waals surface area contributed by atoms with Crippen molar-refractivity contribution in [1.82, 2.24) is 0 Å². The van der Waals surface area contributed by atoms with Crippen LogP contribution in [0.5, 0.6) is 0 Å². The van der Waals surface area contributed by atoms with E-state index in [0.29, 0.717) is 17.6 Å². The lowest BCUT2D eigenvalue weighted by molar-refractivity contribution is -0.149. The lowest BCUT2D eigenvalue weighted by Gasteiger charge is -2.55. The molecule has 0 N–H and O–H groups in total. The van der Waals surface area contributed by atoms with Crippen LogP contribution in [0.3, 0.4) is 0 Å². The molecule has 19 heavy (non-hydrogen) atoms. The highest BCUT2D eigenvalue weighted by Crippen LogP contribution is 2.68. The van der Waals surface area contributed by atoms with Gasteiger partial charge in [-0.3, -0.25) is 4.79 Å². The number of hydrogen-bond donors (Lipinski definition) is 0. The molecule has 0 aromatic carbocycles. The second-order valence-electron chi connectivity index (χ2n) is 8.07. The summed E-state index contributed by atoms with van der Waals surface area (Å²) in [5.74, 6) is 1.46. The SMILES string of the molecule is C=C1C[C@]2(C)[C@H]3CC=CC[C@]3(C)C(=O)C[C@H]2C1(C)C. The smallest absolute Gasteiger partial charge is 0.139 e. The molecule has 0 saturated heterocycles. The van der Waals surface area contributed by atoms with E-state index in [-0.39, 0.29) is 16.2 Å². The second-order valence-corrected chi connectivity index (χ2v) is 8.07. The summed E-state index contributed by atoms with van der Waals surface area (Å²) in [6, 6.07) is 0. The van der Waals surface area contributed by atoms with Gasteiger partial charge in [-0.25, -0.2) is 0 Å². The monoisotopic (exact) mass is 258 g/mol. The summed E-state index contributed by atoms with van der Waals surface area (Å²) >= 11 is 0. The van der Waals surface area contributed by atoms with Gasteiger partial charge in [0.1, 0.15) is 5.78 Å². The van der Waals surface area contributed by atoms with Gasteiger partial charge in [0.05, 0.1) is 0 Å². The summed E-state index contributed by atoms with van der Waals surface area (Å²) in [7, 11) is 0. The van der Waals surface area contributed by atoms with Crippen LogP contribution in [-0.4, -0.2) is 5.78 Å². The van der Waals surface area contributed by atoms with Gasteiger partial charge < -0.3 is 0 Å². The molecule has 0 amide bonds. The van der Waals surface area contributed by atoms with E-state index in [9.17, 15) is 4.79 Å². The molecule has 0 radical (unpaired) electrons. The zero-order valence-corrected chi connectivity index (χ0v) is 12.8. The largest absolute Gasteiger partial charge is 0.299 e. The maximum Gasteiger partial charge on any atom is 0.139 e. The summed E-state index contributed by atoms with van der Waals surface area (Å²) < 4.78 is 0. The van der Waals surface area contributed by atoms with Crippen LogP contribution in [0.15, 0.2) is 24.3 Å². The third-order valence-electron chi connectivity index (χ3n) is 6.84. The van der Waals surface area contributed by atoms with Crippen molar-refractivity contribution in [2.45, 2.75) is 53.4 Å². The quantitative estimate of drug-likeness (QED) is 0.583. The van der Waals surface area contributed by atoms with E-state index < -0.39 is 0 Å². The topological polar surface area (TPSA) is 17.1 Å². The summed E-state index contributed by atoms with van der Waals surface area (Å²) in [5, 5.41) is 0. The number of fused-ring (bicyclic) bond motifs is 3. The molecule has 104 valence electrons. The predicted octanol–water partition coefficient (Wildman–Crippen LogP) is 4.54. The normalized spacial score (nSPS) is 48.0. The Morgan fingerprint density at radius 2 is 1.84 bits per heavy atom. The number of ketones is 1. The highest BCUT2D eigenvalue weighted by molar-refractivity contribution is 5.87. The lowest BCUT2D eigenvalue weighted by atomic mass is 9.47. The Labute approximate surface area is 117 Å². The molecule has 1 nitrogen and oxygen atoms in total. The fraction of sp³-hybridized carbons (Fsp3) is 0.722. The van der Waals surface area contributed by atoms with E-state index >= 15 is 0 Å². The van der Waals surface area contributed by atoms with E-state index in [1.54, 1.807) is 0 Å². The molecule has 0 aromatic heterocycles. The summed E-state index contributed by atoms with van der Waals surface area (Å²) in [6.07, 6.45) is 8.37. The molecule has 3 aliphatic carbocycles. The molecule has 0 unspecified atom stereocenters. The zero-order chi connectivity index (χ0) is 14.1. The van der Waals surface area contributed by atoms with E-state index in [2.05, 4.69) is 46.4 Å². The van der Waals surface area contributed by atoms with Gasteiger partial charge in [0.25, 0.3) is 0 Å². The third-order valence-corrected chi connectivity index (χ3v) is 6.84. The van der Waals surface area contributed by atoms with Gasteiger partial charge in [-0.2, -0.15) is 0 Å². The van der Waals surface area contributed by atoms with Gasteiger partial charge >= 0.3 is 0 Å². The van der Waals surface area contributed by atoms with Crippen molar-refractivity contribution in [2.75, 3.05) is 0 Å². The van der Waals surface area contributed by atoms with E-state index in [4.69, 9.17) is 0 Å². The van der Waals surface area contributed by atoms with Crippen LogP contribution in [-0.2, 0) is 4.79 Å². The minimum atomic E-state index is -0.124. The van der Waals surface area contributed by atoms with E-state index in [1.165, 1.54) is 5.57 Å². The standard InChI is InChI=1S/C18H26O/c1-12-11-18(5)13-8-6-7-9-17(13,4)15(19)10-14(18)16(12,2)3/h6-7,13-14H,1,8-11H2,2-5H3/t13-,14-,17-,18+/m0/s1. The van der Waals surface area contributed by atoms with Crippen molar-refractivity contribution in [1.29, 1.82) is 0 Å². The maximum absolute atomic E-state index is 12.8. The van der Waals surface area contributed by atoms with Gasteiger partial charge in [0, 0.05) is 11.8 Å². The number of allylic oxidation sites excluding steroid dienone is 3. The molecule has 4 atom stereocenters. The highest BCUT2D eigenvalue weighted by Gasteiger charge is 2.64. The number of carbonyl (C=O) groups is 1. The van der Waals surface area contributed by atoms with Gasteiger partial charge in [0.2, 0.25) is 0 Å². The van der Waals surface area contributed by atoms with Crippen molar-refractivity contribution in [3.8, 4) is 0 Å². The van der Waals surface area contributed by atoms with Crippen molar-refractivity contribution in [3.63, 3.8) is 0 Å². The van der Waals surface area contributed by atoms with Gasteiger partial charge in [-0.1, -0.05) is 52.0 Å². The predicted molar refractivity (Wildman–Crippen MR) is 78.7 cm³/mol. The Bertz CT molecular complexity index is 484. The van der Waals surface area contributed by atoms with Crippen LogP contribution in [0.4, 0.5) is 0 Å². The first-order valence-electron chi connectivity index (χ1n) is 7.59. The van der Waals surface area contributed by atoms with Crippen LogP contribution in [0.2, 0.25) is 0 Å². The molecule has 0 bridgehead atoms. The van der Waals surface area contributed by atoms with Crippen molar-refractivity contribution >= 4 is 5.78 Å². The Morgan fingerprint density at radius 1 is 1.16 bits per heavy atom. The zero-order valence-electron chi connectivity index (χ0n) is 12.8. The van der Waals surface area contributed by atoms with Crippen LogP contribution >= 0.6 is 0 Å². The molecule has 3 rings (SSSR count). The second kappa shape index (κ2) is 3.62. The molecule has 0 spiro atoms. The Kier molecular flexibility index (Phi) is 2.51. The highest BCUT2D eigenvalue weighted by atomic mass is 16.1. The van der Waals surface area contributed by atoms with E-state index in [1.807, 2.05) is 0 Å². The van der Waals surface area contributed by atoms with Crippen LogP contribution in [0, 0.1) is 28.1 Å². The minimum absolute atomic E-state index is 0.118. The molecule has 2 saturated carbocycles. The van der Waals surface area contributed by atoms with Gasteiger partial charge in [0.15, 0.2) is 0 Å². The Balaban J connectivity index is 2.12. The Morgan fingerprint density at radius 3 is 2.53 bits per heavy atom. The molecule has 1 heteroatoms. The average molecular weight is 258 g/mol. The first kappa shape index (κ1) is 13.1. The molecule has 2 fully saturated rings. The Hall–Kier alpha value is -0.850. The van der Waals surface area contributed by atoms with Crippen molar-refractivity contribution < 1.29 is 4.79 Å². The summed E-state index contributed by atoms with van der Waals surface area (Å²) in [4.78, 5) is 12.8. The number of carbonyl (C=O) groups excluding carboxylic acids is 1. The molecule has 3 aliphatic rings. The number of Topliss-reactive ketones (excluding diaryl/α,β-unsaturated/α-hetero) is 1. The average Bonchev–Trinajstić information content (AvgIpc) is 2.50. The molecule has 0 heterocycles. The molecule has 0 aromatic rings. The molecule has 0 aliphatic heterocycles. The first-order chi connectivity index (χ1) is 8.73. The van der Waals surface area contributed by atoms with Crippen LogP contribution < -0.4 is 0 Å². The molecular formula is C18H26O.